The summed E-state index contributed by atoms with van der Waals surface area (Å²) in [4.78, 5) is 23.8. The van der Waals surface area contributed by atoms with E-state index in [9.17, 15) is 9.59 Å². The van der Waals surface area contributed by atoms with Crippen molar-refractivity contribution >= 4 is 29.4 Å². The molecule has 0 aromatic heterocycles. The summed E-state index contributed by atoms with van der Waals surface area (Å²) in [5.74, 6) is -0.389. The number of esters is 1. The summed E-state index contributed by atoms with van der Waals surface area (Å²) in [6.45, 7) is 1.75. The molecule has 2 aromatic rings. The summed E-state index contributed by atoms with van der Waals surface area (Å²) in [6.07, 6.45) is 3.07. The van der Waals surface area contributed by atoms with Crippen LogP contribution in [0.2, 0.25) is 5.02 Å². The zero-order chi connectivity index (χ0) is 17.4. The highest BCUT2D eigenvalue weighted by atomic mass is 35.5. The molecule has 0 radical (unpaired) electrons. The van der Waals surface area contributed by atoms with Gasteiger partial charge in [-0.05, 0) is 42.8 Å². The van der Waals surface area contributed by atoms with E-state index >= 15 is 0 Å². The predicted octanol–water partition coefficient (Wildman–Crippen LogP) is 4.18. The molecule has 0 bridgehead atoms. The van der Waals surface area contributed by atoms with Crippen molar-refractivity contribution in [2.45, 2.75) is 6.92 Å². The molecule has 0 aliphatic heterocycles. The zero-order valence-electron chi connectivity index (χ0n) is 13.2. The van der Waals surface area contributed by atoms with Crippen molar-refractivity contribution in [3.63, 3.8) is 0 Å². The largest absolute Gasteiger partial charge is 0.481 e. The summed E-state index contributed by atoms with van der Waals surface area (Å²) in [7, 11) is 0. The van der Waals surface area contributed by atoms with Gasteiger partial charge in [-0.15, -0.1) is 0 Å². The highest BCUT2D eigenvalue weighted by Crippen LogP contribution is 2.21. The third-order valence-corrected chi connectivity index (χ3v) is 3.47. The first-order valence-electron chi connectivity index (χ1n) is 7.46. The van der Waals surface area contributed by atoms with E-state index in [1.807, 2.05) is 18.2 Å². The Balaban J connectivity index is 2.12. The molecule has 0 aliphatic carbocycles. The smallest absolute Gasteiger partial charge is 0.344 e. The fourth-order valence-corrected chi connectivity index (χ4v) is 2.20. The third kappa shape index (κ3) is 4.96. The molecule has 0 saturated carbocycles. The molecule has 2 aromatic carbocycles. The molecule has 0 unspecified atom stereocenters. The predicted molar refractivity (Wildman–Crippen MR) is 93.4 cm³/mol. The van der Waals surface area contributed by atoms with Gasteiger partial charge in [-0.1, -0.05) is 41.9 Å². The average Bonchev–Trinajstić information content (AvgIpc) is 2.59. The Kier molecular flexibility index (Phi) is 6.58. The number of ketones is 1. The lowest BCUT2D eigenvalue weighted by molar-refractivity contribution is -0.145. The van der Waals surface area contributed by atoms with E-state index < -0.39 is 5.97 Å². The number of carbonyl (C=O) groups excluding carboxylic acids is 2. The number of rotatable bonds is 7. The van der Waals surface area contributed by atoms with Gasteiger partial charge in [-0.2, -0.15) is 0 Å². The lowest BCUT2D eigenvalue weighted by Gasteiger charge is -2.09. The molecule has 4 nitrogen and oxygen atoms in total. The van der Waals surface area contributed by atoms with Crippen LogP contribution in [0, 0.1) is 0 Å². The minimum atomic E-state index is -0.480. The number of halogens is 1. The molecular weight excluding hydrogens is 328 g/mol. The lowest BCUT2D eigenvalue weighted by atomic mass is 10.1. The second-order valence-corrected chi connectivity index (χ2v) is 5.22. The highest BCUT2D eigenvalue weighted by molar-refractivity contribution is 6.32. The molecular formula is C19H17ClO4. The number of hydrogen-bond donors (Lipinski definition) is 0. The van der Waals surface area contributed by atoms with E-state index in [2.05, 4.69) is 0 Å². The van der Waals surface area contributed by atoms with Crippen LogP contribution in [0.5, 0.6) is 5.75 Å². The SMILES string of the molecule is CCOC(=O)COc1ccccc1C(=O)C=Cc1ccccc1Cl. The second-order valence-electron chi connectivity index (χ2n) is 4.81. The maximum Gasteiger partial charge on any atom is 0.344 e. The molecule has 0 saturated heterocycles. The summed E-state index contributed by atoms with van der Waals surface area (Å²) >= 11 is 6.06. The van der Waals surface area contributed by atoms with Crippen LogP contribution in [0.1, 0.15) is 22.8 Å². The Morgan fingerprint density at radius 2 is 1.79 bits per heavy atom. The van der Waals surface area contributed by atoms with Crippen LogP contribution in [0.15, 0.2) is 54.6 Å². The van der Waals surface area contributed by atoms with Crippen molar-refractivity contribution in [2.24, 2.45) is 0 Å². The van der Waals surface area contributed by atoms with E-state index in [-0.39, 0.29) is 19.0 Å². The van der Waals surface area contributed by atoms with Crippen LogP contribution < -0.4 is 4.74 Å². The molecule has 5 heteroatoms. The van der Waals surface area contributed by atoms with Crippen molar-refractivity contribution in [1.82, 2.24) is 0 Å². The van der Waals surface area contributed by atoms with E-state index in [0.717, 1.165) is 5.56 Å². The van der Waals surface area contributed by atoms with E-state index in [4.69, 9.17) is 21.1 Å². The van der Waals surface area contributed by atoms with Gasteiger partial charge in [0.05, 0.1) is 12.2 Å². The molecule has 0 N–H and O–H groups in total. The Hall–Kier alpha value is -2.59. The van der Waals surface area contributed by atoms with Crippen LogP contribution >= 0.6 is 11.6 Å². The summed E-state index contributed by atoms with van der Waals surface area (Å²) in [5, 5.41) is 0.563. The summed E-state index contributed by atoms with van der Waals surface area (Å²) in [5.41, 5.74) is 1.11. The lowest BCUT2D eigenvalue weighted by Crippen LogP contribution is -2.15. The van der Waals surface area contributed by atoms with Crippen LogP contribution in [-0.4, -0.2) is 25.0 Å². The Morgan fingerprint density at radius 3 is 2.54 bits per heavy atom. The number of carbonyl (C=O) groups is 2. The van der Waals surface area contributed by atoms with Crippen molar-refractivity contribution in [2.75, 3.05) is 13.2 Å². The number of ether oxygens (including phenoxy) is 2. The standard InChI is InChI=1S/C19H17ClO4/c1-2-23-19(22)13-24-18-10-6-4-8-15(18)17(21)12-11-14-7-3-5-9-16(14)20/h3-12H,2,13H2,1H3. The van der Waals surface area contributed by atoms with Crippen LogP contribution in [0.4, 0.5) is 0 Å². The Labute approximate surface area is 145 Å². The second kappa shape index (κ2) is 8.89. The first kappa shape index (κ1) is 17.8. The van der Waals surface area contributed by atoms with Crippen molar-refractivity contribution in [1.29, 1.82) is 0 Å². The van der Waals surface area contributed by atoms with E-state index in [0.29, 0.717) is 16.3 Å². The highest BCUT2D eigenvalue weighted by Gasteiger charge is 2.11. The first-order valence-corrected chi connectivity index (χ1v) is 7.84. The number of allylic oxidation sites excluding steroid dienone is 1. The van der Waals surface area contributed by atoms with Gasteiger partial charge in [0.1, 0.15) is 5.75 Å². The van der Waals surface area contributed by atoms with Crippen molar-refractivity contribution in [3.8, 4) is 5.75 Å². The minimum absolute atomic E-state index is 0.241. The van der Waals surface area contributed by atoms with Gasteiger partial charge in [0.25, 0.3) is 0 Å². The van der Waals surface area contributed by atoms with Gasteiger partial charge in [0.15, 0.2) is 12.4 Å². The fraction of sp³-hybridized carbons (Fsp3) is 0.158. The molecule has 0 spiro atoms. The maximum atomic E-state index is 12.4. The van der Waals surface area contributed by atoms with Gasteiger partial charge < -0.3 is 9.47 Å². The van der Waals surface area contributed by atoms with Crippen molar-refractivity contribution in [3.05, 3.63) is 70.8 Å². The fourth-order valence-electron chi connectivity index (χ4n) is 2.00. The monoisotopic (exact) mass is 344 g/mol. The normalized spacial score (nSPS) is 10.6. The molecule has 2 rings (SSSR count). The van der Waals surface area contributed by atoms with Crippen LogP contribution in [-0.2, 0) is 9.53 Å². The molecule has 0 heterocycles. The van der Waals surface area contributed by atoms with Gasteiger partial charge in [0.2, 0.25) is 0 Å². The quantitative estimate of drug-likeness (QED) is 0.429. The molecule has 124 valence electrons. The number of benzene rings is 2. The summed E-state index contributed by atoms with van der Waals surface area (Å²) in [6, 6.07) is 14.0. The van der Waals surface area contributed by atoms with Gasteiger partial charge in [0, 0.05) is 5.02 Å². The Bertz CT molecular complexity index is 753. The number of para-hydroxylation sites is 1. The van der Waals surface area contributed by atoms with Crippen LogP contribution in [0.3, 0.4) is 0 Å². The maximum absolute atomic E-state index is 12.4. The molecule has 0 amide bonds. The molecule has 24 heavy (non-hydrogen) atoms. The number of hydrogen-bond acceptors (Lipinski definition) is 4. The van der Waals surface area contributed by atoms with Crippen molar-refractivity contribution < 1.29 is 19.1 Å². The van der Waals surface area contributed by atoms with E-state index in [1.54, 1.807) is 43.3 Å². The minimum Gasteiger partial charge on any atom is -0.481 e. The topological polar surface area (TPSA) is 52.6 Å². The molecule has 0 aliphatic rings. The Morgan fingerprint density at radius 1 is 1.08 bits per heavy atom. The first-order chi connectivity index (χ1) is 11.6. The third-order valence-electron chi connectivity index (χ3n) is 3.12. The van der Waals surface area contributed by atoms with E-state index in [1.165, 1.54) is 6.08 Å². The molecule has 0 fully saturated rings. The average molecular weight is 345 g/mol. The van der Waals surface area contributed by atoms with Gasteiger partial charge in [-0.25, -0.2) is 4.79 Å². The molecule has 0 atom stereocenters. The van der Waals surface area contributed by atoms with Crippen LogP contribution in [0.25, 0.3) is 6.08 Å². The zero-order valence-corrected chi connectivity index (χ0v) is 14.0. The summed E-state index contributed by atoms with van der Waals surface area (Å²) < 4.78 is 10.2. The van der Waals surface area contributed by atoms with Gasteiger partial charge in [-0.3, -0.25) is 4.79 Å². The van der Waals surface area contributed by atoms with Gasteiger partial charge >= 0.3 is 5.97 Å².